The molecule has 2 rings (SSSR count). The zero-order valence-corrected chi connectivity index (χ0v) is 13.4. The number of hydrogen-bond acceptors (Lipinski definition) is 3. The van der Waals surface area contributed by atoms with E-state index in [1.807, 2.05) is 57.2 Å². The molecule has 1 amide bonds. The molecular weight excluding hydrogens is 280 g/mol. The largest absolute Gasteiger partial charge is 0.398 e. The number of amides is 1. The number of nitrogen functional groups attached to an aromatic ring is 1. The highest BCUT2D eigenvalue weighted by Gasteiger charge is 2.09. The Hall–Kier alpha value is -1.94. The molecule has 3 nitrogen and oxygen atoms in total. The van der Waals surface area contributed by atoms with Crippen molar-refractivity contribution in [3.63, 3.8) is 0 Å². The highest BCUT2D eigenvalue weighted by molar-refractivity contribution is 8.00. The summed E-state index contributed by atoms with van der Waals surface area (Å²) in [5.74, 6) is 0.333. The van der Waals surface area contributed by atoms with E-state index in [1.165, 1.54) is 11.8 Å². The summed E-state index contributed by atoms with van der Waals surface area (Å²) in [5, 5.41) is 2.98. The van der Waals surface area contributed by atoms with Gasteiger partial charge in [-0.15, -0.1) is 11.8 Å². The number of carbonyl (C=O) groups is 1. The highest BCUT2D eigenvalue weighted by Crippen LogP contribution is 2.26. The van der Waals surface area contributed by atoms with Gasteiger partial charge in [0.25, 0.3) is 0 Å². The molecule has 0 heterocycles. The van der Waals surface area contributed by atoms with Crippen LogP contribution in [0.4, 0.5) is 11.4 Å². The van der Waals surface area contributed by atoms with Crippen LogP contribution >= 0.6 is 11.8 Å². The third-order valence-electron chi connectivity index (χ3n) is 3.27. The van der Waals surface area contributed by atoms with Crippen molar-refractivity contribution in [3.05, 3.63) is 53.1 Å². The van der Waals surface area contributed by atoms with Gasteiger partial charge in [0.05, 0.1) is 5.75 Å². The van der Waals surface area contributed by atoms with Gasteiger partial charge in [-0.05, 0) is 49.6 Å². The fourth-order valence-corrected chi connectivity index (χ4v) is 2.96. The van der Waals surface area contributed by atoms with Gasteiger partial charge >= 0.3 is 0 Å². The molecule has 3 N–H and O–H groups in total. The lowest BCUT2D eigenvalue weighted by atomic mass is 10.1. The Morgan fingerprint density at radius 3 is 2.48 bits per heavy atom. The summed E-state index contributed by atoms with van der Waals surface area (Å²) in [7, 11) is 0. The van der Waals surface area contributed by atoms with Crippen LogP contribution in [0.1, 0.15) is 16.7 Å². The fraction of sp³-hybridized carbons (Fsp3) is 0.235. The molecule has 4 heteroatoms. The van der Waals surface area contributed by atoms with Crippen LogP contribution in [0.2, 0.25) is 0 Å². The van der Waals surface area contributed by atoms with Gasteiger partial charge in [-0.3, -0.25) is 4.79 Å². The number of benzene rings is 2. The fourth-order valence-electron chi connectivity index (χ4n) is 2.10. The zero-order chi connectivity index (χ0) is 15.4. The molecule has 0 atom stereocenters. The number of carbonyl (C=O) groups excluding carboxylic acids is 1. The monoisotopic (exact) mass is 300 g/mol. The molecule has 0 saturated carbocycles. The second-order valence-corrected chi connectivity index (χ2v) is 6.16. The quantitative estimate of drug-likeness (QED) is 0.664. The summed E-state index contributed by atoms with van der Waals surface area (Å²) in [6.45, 7) is 6.00. The van der Waals surface area contributed by atoms with Crippen LogP contribution in [0.5, 0.6) is 0 Å². The van der Waals surface area contributed by atoms with Crippen molar-refractivity contribution in [3.8, 4) is 0 Å². The van der Waals surface area contributed by atoms with Crippen LogP contribution in [0.25, 0.3) is 0 Å². The first kappa shape index (κ1) is 15.4. The second-order valence-electron chi connectivity index (χ2n) is 5.14. The summed E-state index contributed by atoms with van der Waals surface area (Å²) in [6, 6.07) is 11.8. The summed E-state index contributed by atoms with van der Waals surface area (Å²) in [4.78, 5) is 13.1. The van der Waals surface area contributed by atoms with Crippen LogP contribution in [0.3, 0.4) is 0 Å². The summed E-state index contributed by atoms with van der Waals surface area (Å²) < 4.78 is 0. The molecule has 0 spiro atoms. The minimum atomic E-state index is -0.0155. The van der Waals surface area contributed by atoms with E-state index in [2.05, 4.69) is 5.32 Å². The summed E-state index contributed by atoms with van der Waals surface area (Å²) in [5.41, 5.74) is 10.8. The van der Waals surface area contributed by atoms with Crippen LogP contribution in [-0.4, -0.2) is 11.7 Å². The maximum Gasteiger partial charge on any atom is 0.234 e. The van der Waals surface area contributed by atoms with Gasteiger partial charge in [-0.1, -0.05) is 24.3 Å². The van der Waals surface area contributed by atoms with Crippen molar-refractivity contribution in [2.75, 3.05) is 16.8 Å². The normalized spacial score (nSPS) is 10.4. The Morgan fingerprint density at radius 1 is 1.14 bits per heavy atom. The third-order valence-corrected chi connectivity index (χ3v) is 4.34. The molecule has 0 unspecified atom stereocenters. The van der Waals surface area contributed by atoms with Crippen LogP contribution in [0.15, 0.2) is 41.3 Å². The van der Waals surface area contributed by atoms with Crippen molar-refractivity contribution < 1.29 is 4.79 Å². The van der Waals surface area contributed by atoms with E-state index in [1.54, 1.807) is 0 Å². The van der Waals surface area contributed by atoms with Gasteiger partial charge in [0.15, 0.2) is 0 Å². The number of para-hydroxylation sites is 1. The predicted molar refractivity (Wildman–Crippen MR) is 90.9 cm³/mol. The van der Waals surface area contributed by atoms with Crippen molar-refractivity contribution in [1.29, 1.82) is 0 Å². The first-order chi connectivity index (χ1) is 9.97. The Morgan fingerprint density at radius 2 is 1.81 bits per heavy atom. The van der Waals surface area contributed by atoms with Gasteiger partial charge in [-0.2, -0.15) is 0 Å². The van der Waals surface area contributed by atoms with E-state index >= 15 is 0 Å². The number of aryl methyl sites for hydroxylation is 3. The molecule has 0 saturated heterocycles. The van der Waals surface area contributed by atoms with E-state index in [-0.39, 0.29) is 5.91 Å². The molecule has 0 aromatic heterocycles. The zero-order valence-electron chi connectivity index (χ0n) is 12.6. The topological polar surface area (TPSA) is 55.1 Å². The number of hydrogen-bond donors (Lipinski definition) is 2. The van der Waals surface area contributed by atoms with E-state index in [9.17, 15) is 4.79 Å². The minimum absolute atomic E-state index is 0.0155. The molecule has 0 aliphatic carbocycles. The van der Waals surface area contributed by atoms with Gasteiger partial charge in [-0.25, -0.2) is 0 Å². The maximum atomic E-state index is 12.1. The van der Waals surface area contributed by atoms with Crippen molar-refractivity contribution in [2.24, 2.45) is 0 Å². The number of nitrogens with one attached hydrogen (secondary N) is 1. The molecular formula is C17H20N2OS. The first-order valence-electron chi connectivity index (χ1n) is 6.82. The summed E-state index contributed by atoms with van der Waals surface area (Å²) in [6.07, 6.45) is 0. The Bertz CT molecular complexity index is 648. The molecule has 2 aromatic rings. The second kappa shape index (κ2) is 6.68. The molecule has 0 radical (unpaired) electrons. The average molecular weight is 300 g/mol. The van der Waals surface area contributed by atoms with Crippen LogP contribution in [0, 0.1) is 20.8 Å². The van der Waals surface area contributed by atoms with E-state index in [0.717, 1.165) is 27.3 Å². The molecule has 0 bridgehead atoms. The lowest BCUT2D eigenvalue weighted by Crippen LogP contribution is -2.15. The number of anilines is 2. The Balaban J connectivity index is 2.01. The lowest BCUT2D eigenvalue weighted by Gasteiger charge is -2.12. The van der Waals surface area contributed by atoms with Crippen LogP contribution < -0.4 is 11.1 Å². The van der Waals surface area contributed by atoms with Gasteiger partial charge in [0, 0.05) is 16.3 Å². The molecule has 0 fully saturated rings. The number of rotatable bonds is 4. The van der Waals surface area contributed by atoms with Crippen LogP contribution in [-0.2, 0) is 4.79 Å². The number of nitrogens with two attached hydrogens (primary N) is 1. The van der Waals surface area contributed by atoms with Crippen molar-refractivity contribution in [1.82, 2.24) is 0 Å². The minimum Gasteiger partial charge on any atom is -0.398 e. The van der Waals surface area contributed by atoms with Gasteiger partial charge in [0.2, 0.25) is 5.91 Å². The maximum absolute atomic E-state index is 12.1. The molecule has 0 aliphatic rings. The SMILES string of the molecule is Cc1ccc(N)c(SCC(=O)Nc2c(C)cccc2C)c1. The smallest absolute Gasteiger partial charge is 0.234 e. The lowest BCUT2D eigenvalue weighted by molar-refractivity contribution is -0.113. The Kier molecular flexibility index (Phi) is 4.91. The van der Waals surface area contributed by atoms with E-state index in [4.69, 9.17) is 5.73 Å². The third kappa shape index (κ3) is 4.02. The molecule has 2 aromatic carbocycles. The average Bonchev–Trinajstić information content (AvgIpc) is 2.44. The van der Waals surface area contributed by atoms with Crippen molar-refractivity contribution in [2.45, 2.75) is 25.7 Å². The highest BCUT2D eigenvalue weighted by atomic mass is 32.2. The standard InChI is InChI=1S/C17H20N2OS/c1-11-7-8-14(18)15(9-11)21-10-16(20)19-17-12(2)5-4-6-13(17)3/h4-9H,10,18H2,1-3H3,(H,19,20). The number of thioether (sulfide) groups is 1. The Labute approximate surface area is 129 Å². The summed E-state index contributed by atoms with van der Waals surface area (Å²) >= 11 is 1.46. The molecule has 21 heavy (non-hydrogen) atoms. The molecule has 110 valence electrons. The van der Waals surface area contributed by atoms with Crippen molar-refractivity contribution >= 4 is 29.0 Å². The van der Waals surface area contributed by atoms with Gasteiger partial charge < -0.3 is 11.1 Å². The van der Waals surface area contributed by atoms with E-state index in [0.29, 0.717) is 11.4 Å². The molecule has 0 aliphatic heterocycles. The predicted octanol–water partition coefficient (Wildman–Crippen LogP) is 3.92. The van der Waals surface area contributed by atoms with E-state index < -0.39 is 0 Å². The van der Waals surface area contributed by atoms with Gasteiger partial charge in [0.1, 0.15) is 0 Å². The first-order valence-corrected chi connectivity index (χ1v) is 7.81.